The molecule has 0 radical (unpaired) electrons. The SMILES string of the molecule is CCCCCCCCCC/C=C\CCCCCCCCCCCCCCCCCCCCCCCC(=O)OCC(COC(=O)CCCCCCCCC)OC(=O)CCCCCCCCCCCCCCCCCC. The van der Waals surface area contributed by atoms with Crippen LogP contribution in [0.5, 0.6) is 0 Å². The van der Waals surface area contributed by atoms with E-state index in [9.17, 15) is 14.4 Å². The van der Waals surface area contributed by atoms with E-state index in [1.807, 2.05) is 0 Å². The van der Waals surface area contributed by atoms with E-state index in [1.165, 1.54) is 289 Å². The van der Waals surface area contributed by atoms with Crippen molar-refractivity contribution in [1.29, 1.82) is 0 Å². The minimum Gasteiger partial charge on any atom is -0.462 e. The molecule has 0 heterocycles. The van der Waals surface area contributed by atoms with Gasteiger partial charge in [0, 0.05) is 19.3 Å². The fourth-order valence-electron chi connectivity index (χ4n) is 10.4. The van der Waals surface area contributed by atoms with Crippen molar-refractivity contribution in [2.45, 2.75) is 393 Å². The number of ether oxygens (including phenoxy) is 3. The highest BCUT2D eigenvalue weighted by Gasteiger charge is 2.19. The molecule has 1 atom stereocenters. The molecule has 74 heavy (non-hydrogen) atoms. The van der Waals surface area contributed by atoms with Crippen LogP contribution in [0.4, 0.5) is 0 Å². The summed E-state index contributed by atoms with van der Waals surface area (Å²) in [5.74, 6) is -0.841. The van der Waals surface area contributed by atoms with Gasteiger partial charge in [0.2, 0.25) is 0 Å². The highest BCUT2D eigenvalue weighted by molar-refractivity contribution is 5.71. The highest BCUT2D eigenvalue weighted by Crippen LogP contribution is 2.19. The molecule has 0 fully saturated rings. The molecule has 6 nitrogen and oxygen atoms in total. The molecule has 0 spiro atoms. The Labute approximate surface area is 462 Å². The zero-order valence-corrected chi connectivity index (χ0v) is 50.4. The van der Waals surface area contributed by atoms with Crippen molar-refractivity contribution in [3.8, 4) is 0 Å². The van der Waals surface area contributed by atoms with Gasteiger partial charge in [-0.15, -0.1) is 0 Å². The Hall–Kier alpha value is -1.85. The van der Waals surface area contributed by atoms with Crippen LogP contribution in [0.15, 0.2) is 12.2 Å². The lowest BCUT2D eigenvalue weighted by Gasteiger charge is -2.18. The topological polar surface area (TPSA) is 78.9 Å². The van der Waals surface area contributed by atoms with Crippen LogP contribution in [0.3, 0.4) is 0 Å². The summed E-state index contributed by atoms with van der Waals surface area (Å²) in [4.78, 5) is 38.0. The van der Waals surface area contributed by atoms with Crippen LogP contribution < -0.4 is 0 Å². The van der Waals surface area contributed by atoms with Gasteiger partial charge in [0.1, 0.15) is 13.2 Å². The average molecular weight is 1040 g/mol. The predicted octanol–water partition coefficient (Wildman–Crippen LogP) is 22.8. The number of esters is 3. The summed E-state index contributed by atoms with van der Waals surface area (Å²) in [6.07, 6.45) is 75.6. The van der Waals surface area contributed by atoms with Crippen molar-refractivity contribution in [1.82, 2.24) is 0 Å². The summed E-state index contributed by atoms with van der Waals surface area (Å²) in [6, 6.07) is 0. The first-order chi connectivity index (χ1) is 36.5. The quantitative estimate of drug-likeness (QED) is 0.0261. The lowest BCUT2D eigenvalue weighted by atomic mass is 10.0. The van der Waals surface area contributed by atoms with Gasteiger partial charge in [0.05, 0.1) is 0 Å². The molecule has 1 unspecified atom stereocenters. The van der Waals surface area contributed by atoms with Gasteiger partial charge >= 0.3 is 17.9 Å². The third-order valence-corrected chi connectivity index (χ3v) is 15.5. The first-order valence-electron chi connectivity index (χ1n) is 33.7. The number of carbonyl (C=O) groups excluding carboxylic acids is 3. The van der Waals surface area contributed by atoms with E-state index in [-0.39, 0.29) is 31.1 Å². The minimum atomic E-state index is -0.762. The van der Waals surface area contributed by atoms with E-state index in [2.05, 4.69) is 32.9 Å². The maximum Gasteiger partial charge on any atom is 0.306 e. The van der Waals surface area contributed by atoms with Crippen molar-refractivity contribution < 1.29 is 28.6 Å². The summed E-state index contributed by atoms with van der Waals surface area (Å²) in [5, 5.41) is 0. The van der Waals surface area contributed by atoms with E-state index >= 15 is 0 Å². The van der Waals surface area contributed by atoms with Crippen molar-refractivity contribution in [3.63, 3.8) is 0 Å². The smallest absolute Gasteiger partial charge is 0.306 e. The van der Waals surface area contributed by atoms with Gasteiger partial charge in [-0.25, -0.2) is 0 Å². The second kappa shape index (κ2) is 63.7. The van der Waals surface area contributed by atoms with Crippen LogP contribution >= 0.6 is 0 Å². The molecule has 0 aliphatic carbocycles. The summed E-state index contributed by atoms with van der Waals surface area (Å²) in [6.45, 7) is 6.67. The van der Waals surface area contributed by atoms with Crippen LogP contribution in [0.25, 0.3) is 0 Å². The maximum absolute atomic E-state index is 12.8. The van der Waals surface area contributed by atoms with Gasteiger partial charge in [-0.05, 0) is 44.9 Å². The number of rotatable bonds is 63. The van der Waals surface area contributed by atoms with Crippen LogP contribution in [0, 0.1) is 0 Å². The zero-order valence-electron chi connectivity index (χ0n) is 50.4. The average Bonchev–Trinajstić information content (AvgIpc) is 3.40. The van der Waals surface area contributed by atoms with E-state index < -0.39 is 6.10 Å². The predicted molar refractivity (Wildman–Crippen MR) is 321 cm³/mol. The fraction of sp³-hybridized carbons (Fsp3) is 0.926. The lowest BCUT2D eigenvalue weighted by Crippen LogP contribution is -2.30. The summed E-state index contributed by atoms with van der Waals surface area (Å²) in [7, 11) is 0. The fourth-order valence-corrected chi connectivity index (χ4v) is 10.4. The Balaban J connectivity index is 3.92. The normalized spacial score (nSPS) is 12.0. The van der Waals surface area contributed by atoms with Crippen molar-refractivity contribution in [2.75, 3.05) is 13.2 Å². The summed E-state index contributed by atoms with van der Waals surface area (Å²) < 4.78 is 16.8. The first-order valence-corrected chi connectivity index (χ1v) is 33.7. The first kappa shape index (κ1) is 72.2. The number of hydrogen-bond acceptors (Lipinski definition) is 6. The van der Waals surface area contributed by atoms with Gasteiger partial charge in [0.15, 0.2) is 6.10 Å². The zero-order chi connectivity index (χ0) is 53.6. The Morgan fingerprint density at radius 2 is 0.446 bits per heavy atom. The molecule has 0 aliphatic rings. The van der Waals surface area contributed by atoms with Crippen LogP contribution in [0.2, 0.25) is 0 Å². The molecule has 438 valence electrons. The molecule has 0 aromatic heterocycles. The van der Waals surface area contributed by atoms with Gasteiger partial charge < -0.3 is 14.2 Å². The van der Waals surface area contributed by atoms with Crippen molar-refractivity contribution in [2.24, 2.45) is 0 Å². The number of hydrogen-bond donors (Lipinski definition) is 0. The van der Waals surface area contributed by atoms with Gasteiger partial charge in [-0.3, -0.25) is 14.4 Å². The molecule has 0 aromatic carbocycles. The van der Waals surface area contributed by atoms with Gasteiger partial charge in [0.25, 0.3) is 0 Å². The molecule has 0 aliphatic heterocycles. The van der Waals surface area contributed by atoms with Gasteiger partial charge in [-0.1, -0.05) is 335 Å². The third-order valence-electron chi connectivity index (χ3n) is 15.5. The van der Waals surface area contributed by atoms with Gasteiger partial charge in [-0.2, -0.15) is 0 Å². The molecule has 0 saturated heterocycles. The molecule has 0 saturated carbocycles. The number of carbonyl (C=O) groups is 3. The molecular formula is C68H130O6. The Morgan fingerprint density at radius 3 is 0.676 bits per heavy atom. The van der Waals surface area contributed by atoms with E-state index in [4.69, 9.17) is 14.2 Å². The molecule has 0 aromatic rings. The van der Waals surface area contributed by atoms with Crippen LogP contribution in [-0.2, 0) is 28.6 Å². The maximum atomic E-state index is 12.8. The van der Waals surface area contributed by atoms with E-state index in [0.717, 1.165) is 57.8 Å². The molecule has 0 N–H and O–H groups in total. The Bertz CT molecular complexity index is 1150. The number of allylic oxidation sites excluding steroid dienone is 2. The van der Waals surface area contributed by atoms with Crippen LogP contribution in [0.1, 0.15) is 387 Å². The number of unbranched alkanes of at least 4 members (excludes halogenated alkanes) is 50. The Kier molecular flexibility index (Phi) is 62.1. The second-order valence-electron chi connectivity index (χ2n) is 23.1. The molecular weight excluding hydrogens is 913 g/mol. The lowest BCUT2D eigenvalue weighted by molar-refractivity contribution is -0.167. The van der Waals surface area contributed by atoms with E-state index in [0.29, 0.717) is 19.3 Å². The Morgan fingerprint density at radius 1 is 0.257 bits per heavy atom. The molecule has 0 rings (SSSR count). The highest BCUT2D eigenvalue weighted by atomic mass is 16.6. The third kappa shape index (κ3) is 61.0. The van der Waals surface area contributed by atoms with Crippen molar-refractivity contribution >= 4 is 17.9 Å². The summed E-state index contributed by atoms with van der Waals surface area (Å²) >= 11 is 0. The second-order valence-corrected chi connectivity index (χ2v) is 23.1. The van der Waals surface area contributed by atoms with Crippen molar-refractivity contribution in [3.05, 3.63) is 12.2 Å². The monoisotopic (exact) mass is 1040 g/mol. The molecule has 0 bridgehead atoms. The summed E-state index contributed by atoms with van der Waals surface area (Å²) in [5.41, 5.74) is 0. The largest absolute Gasteiger partial charge is 0.462 e. The minimum absolute atomic E-state index is 0.0629. The van der Waals surface area contributed by atoms with Crippen LogP contribution in [-0.4, -0.2) is 37.2 Å². The van der Waals surface area contributed by atoms with E-state index in [1.54, 1.807) is 0 Å². The molecule has 6 heteroatoms. The molecule has 0 amide bonds. The standard InChI is InChI=1S/C68H130O6/c1-4-7-10-13-16-18-20-22-24-26-27-28-29-30-31-32-33-34-35-36-37-38-39-40-41-42-44-45-47-49-52-55-58-61-67(70)73-64-65(63-72-66(69)60-57-54-51-15-12-9-6-3)74-68(71)62-59-56-53-50-48-46-43-25-23-21-19-17-14-11-8-5-2/h26-27,65H,4-25,28-64H2,1-3H3/b27-26-.